The van der Waals surface area contributed by atoms with Crippen LogP contribution >= 0.6 is 34.8 Å². The molecule has 2 fully saturated rings. The van der Waals surface area contributed by atoms with Crippen LogP contribution in [0, 0.1) is 5.92 Å². The molecule has 42 heavy (non-hydrogen) atoms. The normalized spacial score (nSPS) is 17.3. The van der Waals surface area contributed by atoms with E-state index in [0.717, 1.165) is 51.6 Å². The van der Waals surface area contributed by atoms with Crippen molar-refractivity contribution >= 4 is 52.5 Å². The number of nitrogens with one attached hydrogen (secondary N) is 1. The lowest BCUT2D eigenvalue weighted by atomic mass is 9.96. The minimum absolute atomic E-state index is 0.154. The van der Waals surface area contributed by atoms with Crippen LogP contribution in [0.3, 0.4) is 0 Å². The molecule has 2 amide bonds. The fourth-order valence-corrected chi connectivity index (χ4v) is 5.79. The number of halogens is 3. The second-order valence-electron chi connectivity index (χ2n) is 10.8. The number of nitrogens with two attached hydrogens (primary N) is 1. The van der Waals surface area contributed by atoms with Crippen molar-refractivity contribution in [1.29, 1.82) is 0 Å². The summed E-state index contributed by atoms with van der Waals surface area (Å²) in [5.74, 6) is 0.883. The van der Waals surface area contributed by atoms with Gasteiger partial charge in [-0.3, -0.25) is 9.69 Å². The van der Waals surface area contributed by atoms with Gasteiger partial charge in [0, 0.05) is 32.2 Å². The van der Waals surface area contributed by atoms with E-state index >= 15 is 0 Å². The molecule has 230 valence electrons. The minimum atomic E-state index is -0.491. The summed E-state index contributed by atoms with van der Waals surface area (Å²) in [6.45, 7) is 4.22. The van der Waals surface area contributed by atoms with Crippen molar-refractivity contribution in [2.45, 2.75) is 44.6 Å². The summed E-state index contributed by atoms with van der Waals surface area (Å²) in [6.07, 6.45) is 5.18. The Morgan fingerprint density at radius 3 is 2.40 bits per heavy atom. The molecule has 0 radical (unpaired) electrons. The van der Waals surface area contributed by atoms with Crippen molar-refractivity contribution in [2.75, 3.05) is 58.7 Å². The molecular formula is C30H39Cl3N4O5. The van der Waals surface area contributed by atoms with E-state index in [9.17, 15) is 9.59 Å². The molecule has 3 N–H and O–H groups in total. The third-order valence-electron chi connectivity index (χ3n) is 7.76. The number of methoxy groups -OCH3 is 1. The molecule has 0 saturated carbocycles. The summed E-state index contributed by atoms with van der Waals surface area (Å²) in [4.78, 5) is 30.0. The number of carbonyl (C=O) groups is 2. The van der Waals surface area contributed by atoms with Gasteiger partial charge in [0.15, 0.2) is 6.10 Å². The van der Waals surface area contributed by atoms with E-state index in [4.69, 9.17) is 54.7 Å². The molecule has 0 aromatic heterocycles. The zero-order valence-electron chi connectivity index (χ0n) is 23.9. The van der Waals surface area contributed by atoms with Crippen LogP contribution in [-0.4, -0.2) is 80.9 Å². The summed E-state index contributed by atoms with van der Waals surface area (Å²) in [5.41, 5.74) is 6.54. The molecule has 2 aliphatic heterocycles. The number of nitrogen functional groups attached to an aromatic ring is 1. The van der Waals surface area contributed by atoms with Crippen LogP contribution in [0.25, 0.3) is 0 Å². The Bertz CT molecular complexity index is 1220. The molecule has 2 aromatic rings. The van der Waals surface area contributed by atoms with E-state index < -0.39 is 6.10 Å². The van der Waals surface area contributed by atoms with E-state index in [2.05, 4.69) is 10.2 Å². The number of ether oxygens (including phenoxy) is 3. The second kappa shape index (κ2) is 15.8. The molecule has 1 atom stereocenters. The number of rotatable bonds is 10. The first-order chi connectivity index (χ1) is 20.2. The monoisotopic (exact) mass is 640 g/mol. The lowest BCUT2D eigenvalue weighted by molar-refractivity contribution is 0.0148. The SMILES string of the molecule is COc1cc(N)c(Cl)cc1C(=O)NCC1CCN(CC(COc2cccc(Cl)c2Cl)OC(=O)N2CCCCCC2)CC1. The van der Waals surface area contributed by atoms with E-state index in [1.54, 1.807) is 29.2 Å². The van der Waals surface area contributed by atoms with Crippen LogP contribution in [0.5, 0.6) is 11.5 Å². The van der Waals surface area contributed by atoms with Crippen molar-refractivity contribution in [3.05, 3.63) is 51.0 Å². The zero-order chi connectivity index (χ0) is 30.1. The third-order valence-corrected chi connectivity index (χ3v) is 8.89. The van der Waals surface area contributed by atoms with Crippen LogP contribution in [0.4, 0.5) is 10.5 Å². The molecule has 9 nitrogen and oxygen atoms in total. The Morgan fingerprint density at radius 2 is 1.71 bits per heavy atom. The lowest BCUT2D eigenvalue weighted by Crippen LogP contribution is -2.45. The topological polar surface area (TPSA) is 106 Å². The van der Waals surface area contributed by atoms with Gasteiger partial charge >= 0.3 is 6.09 Å². The van der Waals surface area contributed by atoms with Gasteiger partial charge in [-0.1, -0.05) is 53.7 Å². The first-order valence-electron chi connectivity index (χ1n) is 14.4. The Hall–Kier alpha value is -2.59. The number of amides is 2. The lowest BCUT2D eigenvalue weighted by Gasteiger charge is -2.34. The van der Waals surface area contributed by atoms with Gasteiger partial charge in [0.1, 0.15) is 23.1 Å². The maximum atomic E-state index is 13.1. The number of piperidine rings is 1. The van der Waals surface area contributed by atoms with Crippen LogP contribution in [0.15, 0.2) is 30.3 Å². The van der Waals surface area contributed by atoms with E-state index in [0.29, 0.717) is 69.9 Å². The first kappa shape index (κ1) is 32.3. The van der Waals surface area contributed by atoms with E-state index in [1.807, 2.05) is 0 Å². The standard InChI is InChI=1S/C30H39Cl3N4O5/c1-40-27-16-25(34)24(32)15-22(27)29(38)35-17-20-9-13-36(14-10-20)18-21(19-41-26-8-6-7-23(31)28(26)33)42-30(39)37-11-4-2-3-5-12-37/h6-8,15-16,20-21H,2-5,9-14,17-19,34H2,1H3,(H,35,38). The van der Waals surface area contributed by atoms with E-state index in [1.165, 1.54) is 13.2 Å². The number of hydrogen-bond donors (Lipinski definition) is 2. The second-order valence-corrected chi connectivity index (χ2v) is 12.0. The van der Waals surface area contributed by atoms with Gasteiger partial charge in [-0.25, -0.2) is 4.79 Å². The van der Waals surface area contributed by atoms with Crippen molar-refractivity contribution in [3.63, 3.8) is 0 Å². The number of nitrogens with zero attached hydrogens (tertiary/aromatic N) is 2. The van der Waals surface area contributed by atoms with Gasteiger partial charge in [0.2, 0.25) is 0 Å². The molecule has 0 aliphatic carbocycles. The Kier molecular flexibility index (Phi) is 12.1. The highest BCUT2D eigenvalue weighted by Crippen LogP contribution is 2.32. The summed E-state index contributed by atoms with van der Waals surface area (Å²) in [7, 11) is 1.49. The smallest absolute Gasteiger partial charge is 0.410 e. The summed E-state index contributed by atoms with van der Waals surface area (Å²) in [5, 5.41) is 4.05. The maximum absolute atomic E-state index is 13.1. The van der Waals surface area contributed by atoms with E-state index in [-0.39, 0.29) is 18.6 Å². The predicted molar refractivity (Wildman–Crippen MR) is 166 cm³/mol. The fraction of sp³-hybridized carbons (Fsp3) is 0.533. The van der Waals surface area contributed by atoms with Gasteiger partial charge in [-0.05, 0) is 62.9 Å². The maximum Gasteiger partial charge on any atom is 0.410 e. The number of anilines is 1. The Balaban J connectivity index is 1.31. The van der Waals surface area contributed by atoms with Crippen LogP contribution in [0.1, 0.15) is 48.9 Å². The average molecular weight is 642 g/mol. The number of hydrogen-bond acceptors (Lipinski definition) is 7. The molecule has 4 rings (SSSR count). The van der Waals surface area contributed by atoms with Crippen LogP contribution in [0.2, 0.25) is 15.1 Å². The van der Waals surface area contributed by atoms with Gasteiger partial charge < -0.3 is 30.2 Å². The highest BCUT2D eigenvalue weighted by atomic mass is 35.5. The number of carbonyl (C=O) groups excluding carboxylic acids is 2. The van der Waals surface area contributed by atoms with Gasteiger partial charge in [-0.2, -0.15) is 0 Å². The van der Waals surface area contributed by atoms with Gasteiger partial charge in [-0.15, -0.1) is 0 Å². The van der Waals surface area contributed by atoms with Crippen molar-refractivity contribution < 1.29 is 23.8 Å². The predicted octanol–water partition coefficient (Wildman–Crippen LogP) is 6.14. The molecule has 12 heteroatoms. The van der Waals surface area contributed by atoms with Crippen molar-refractivity contribution in [1.82, 2.24) is 15.1 Å². The number of benzene rings is 2. The number of likely N-dealkylation sites (tertiary alicyclic amines) is 2. The van der Waals surface area contributed by atoms with Crippen molar-refractivity contribution in [2.24, 2.45) is 5.92 Å². The zero-order valence-corrected chi connectivity index (χ0v) is 26.1. The average Bonchev–Trinajstić information content (AvgIpc) is 3.28. The Morgan fingerprint density at radius 1 is 1.00 bits per heavy atom. The summed E-state index contributed by atoms with van der Waals surface area (Å²) < 4.78 is 17.3. The van der Waals surface area contributed by atoms with Crippen LogP contribution < -0.4 is 20.5 Å². The van der Waals surface area contributed by atoms with Gasteiger partial charge in [0.25, 0.3) is 5.91 Å². The highest BCUT2D eigenvalue weighted by Gasteiger charge is 2.27. The molecule has 0 bridgehead atoms. The fourth-order valence-electron chi connectivity index (χ4n) is 5.28. The Labute approximate surface area is 262 Å². The first-order valence-corrected chi connectivity index (χ1v) is 15.5. The van der Waals surface area contributed by atoms with Crippen LogP contribution in [-0.2, 0) is 4.74 Å². The molecule has 0 spiro atoms. The quantitative estimate of drug-likeness (QED) is 0.300. The van der Waals surface area contributed by atoms with Crippen molar-refractivity contribution in [3.8, 4) is 11.5 Å². The molecule has 2 saturated heterocycles. The molecule has 2 heterocycles. The minimum Gasteiger partial charge on any atom is -0.496 e. The largest absolute Gasteiger partial charge is 0.496 e. The molecule has 2 aromatic carbocycles. The summed E-state index contributed by atoms with van der Waals surface area (Å²) in [6, 6.07) is 8.29. The highest BCUT2D eigenvalue weighted by molar-refractivity contribution is 6.42. The third kappa shape index (κ3) is 8.96. The van der Waals surface area contributed by atoms with Gasteiger partial charge in [0.05, 0.1) is 28.4 Å². The molecular weight excluding hydrogens is 603 g/mol. The molecule has 1 unspecified atom stereocenters. The molecule has 2 aliphatic rings. The summed E-state index contributed by atoms with van der Waals surface area (Å²) >= 11 is 18.6.